The van der Waals surface area contributed by atoms with Gasteiger partial charge in [-0.25, -0.2) is 4.98 Å². The molecule has 1 saturated heterocycles. The second-order valence-corrected chi connectivity index (χ2v) is 6.38. The molecule has 0 saturated carbocycles. The van der Waals surface area contributed by atoms with Crippen LogP contribution in [0.1, 0.15) is 51.8 Å². The monoisotopic (exact) mass is 275 g/mol. The number of hydrogen-bond donors (Lipinski definition) is 1. The molecule has 3 nitrogen and oxygen atoms in total. The number of nitrogens with zero attached hydrogens (tertiary/aromatic N) is 2. The predicted molar refractivity (Wildman–Crippen MR) is 86.2 cm³/mol. The zero-order valence-electron chi connectivity index (χ0n) is 13.4. The number of hydrogen-bond acceptors (Lipinski definition) is 3. The maximum Gasteiger partial charge on any atom is 0.129 e. The van der Waals surface area contributed by atoms with Gasteiger partial charge in [0.15, 0.2) is 0 Å². The molecule has 0 amide bonds. The minimum absolute atomic E-state index is 0.521. The molecule has 2 rings (SSSR count). The van der Waals surface area contributed by atoms with Crippen LogP contribution in [0.5, 0.6) is 0 Å². The molecule has 1 N–H and O–H groups in total. The Morgan fingerprint density at radius 2 is 2.00 bits per heavy atom. The van der Waals surface area contributed by atoms with E-state index < -0.39 is 0 Å². The lowest BCUT2D eigenvalue weighted by atomic mass is 9.99. The number of aryl methyl sites for hydroxylation is 1. The minimum Gasteiger partial charge on any atom is -0.357 e. The van der Waals surface area contributed by atoms with Crippen LogP contribution < -0.4 is 10.2 Å². The molecule has 1 aliphatic heterocycles. The molecule has 0 unspecified atom stereocenters. The highest BCUT2D eigenvalue weighted by Crippen LogP contribution is 2.23. The lowest BCUT2D eigenvalue weighted by Crippen LogP contribution is -2.33. The van der Waals surface area contributed by atoms with E-state index in [0.717, 1.165) is 32.0 Å². The maximum atomic E-state index is 4.83. The van der Waals surface area contributed by atoms with Crippen LogP contribution in [0.4, 0.5) is 5.82 Å². The Hall–Kier alpha value is -1.09. The van der Waals surface area contributed by atoms with Gasteiger partial charge in [0.2, 0.25) is 0 Å². The predicted octanol–water partition coefficient (Wildman–Crippen LogP) is 3.38. The fourth-order valence-electron chi connectivity index (χ4n) is 2.64. The molecule has 1 aliphatic rings. The molecule has 0 atom stereocenters. The summed E-state index contributed by atoms with van der Waals surface area (Å²) in [6.45, 7) is 12.2. The Balaban J connectivity index is 2.12. The van der Waals surface area contributed by atoms with Crippen molar-refractivity contribution in [2.24, 2.45) is 5.92 Å². The van der Waals surface area contributed by atoms with Crippen molar-refractivity contribution in [1.82, 2.24) is 10.3 Å². The molecular weight excluding hydrogens is 246 g/mol. The van der Waals surface area contributed by atoms with Crippen LogP contribution >= 0.6 is 0 Å². The van der Waals surface area contributed by atoms with E-state index in [2.05, 4.69) is 50.0 Å². The Bertz CT molecular complexity index is 420. The van der Waals surface area contributed by atoms with Crippen LogP contribution in [0, 0.1) is 5.92 Å². The van der Waals surface area contributed by atoms with Crippen LogP contribution in [-0.2, 0) is 13.0 Å². The van der Waals surface area contributed by atoms with Crippen molar-refractivity contribution in [3.63, 3.8) is 0 Å². The summed E-state index contributed by atoms with van der Waals surface area (Å²) in [6.07, 6.45) is 3.59. The van der Waals surface area contributed by atoms with Gasteiger partial charge in [-0.1, -0.05) is 27.7 Å². The zero-order valence-corrected chi connectivity index (χ0v) is 13.4. The Morgan fingerprint density at radius 3 is 2.60 bits per heavy atom. The summed E-state index contributed by atoms with van der Waals surface area (Å²) in [7, 11) is 0. The van der Waals surface area contributed by atoms with Gasteiger partial charge in [-0.05, 0) is 42.9 Å². The highest BCUT2D eigenvalue weighted by Gasteiger charge is 2.17. The lowest BCUT2D eigenvalue weighted by molar-refractivity contribution is 0.436. The second-order valence-electron chi connectivity index (χ2n) is 6.38. The molecule has 0 aromatic carbocycles. The van der Waals surface area contributed by atoms with Crippen LogP contribution in [0.15, 0.2) is 12.1 Å². The van der Waals surface area contributed by atoms with Crippen LogP contribution in [-0.4, -0.2) is 24.1 Å². The summed E-state index contributed by atoms with van der Waals surface area (Å²) in [6, 6.07) is 5.03. The van der Waals surface area contributed by atoms with Gasteiger partial charge in [0.1, 0.15) is 5.82 Å². The SMILES string of the molecule is CCc1cc(CNC(C)C)cc(N2CCC(C)CC2)n1. The van der Waals surface area contributed by atoms with Crippen LogP contribution in [0.3, 0.4) is 0 Å². The highest BCUT2D eigenvalue weighted by molar-refractivity contribution is 5.43. The van der Waals surface area contributed by atoms with E-state index in [-0.39, 0.29) is 0 Å². The number of pyridine rings is 1. The third-order valence-corrected chi connectivity index (χ3v) is 4.11. The second kappa shape index (κ2) is 7.07. The number of aromatic nitrogens is 1. The van der Waals surface area contributed by atoms with Crippen molar-refractivity contribution < 1.29 is 0 Å². The van der Waals surface area contributed by atoms with Gasteiger partial charge >= 0.3 is 0 Å². The van der Waals surface area contributed by atoms with Crippen molar-refractivity contribution in [2.75, 3.05) is 18.0 Å². The number of rotatable bonds is 5. The first kappa shape index (κ1) is 15.3. The minimum atomic E-state index is 0.521. The first-order valence-corrected chi connectivity index (χ1v) is 8.06. The quantitative estimate of drug-likeness (QED) is 0.893. The fraction of sp³-hybridized carbons (Fsp3) is 0.706. The van der Waals surface area contributed by atoms with Gasteiger partial charge in [-0.2, -0.15) is 0 Å². The summed E-state index contributed by atoms with van der Waals surface area (Å²) in [5, 5.41) is 3.50. The Morgan fingerprint density at radius 1 is 1.30 bits per heavy atom. The van der Waals surface area contributed by atoms with Crippen LogP contribution in [0.2, 0.25) is 0 Å². The molecule has 20 heavy (non-hydrogen) atoms. The van der Waals surface area contributed by atoms with Crippen molar-refractivity contribution in [3.05, 3.63) is 23.4 Å². The zero-order chi connectivity index (χ0) is 14.5. The Kier molecular flexibility index (Phi) is 5.41. The molecule has 2 heterocycles. The number of nitrogens with one attached hydrogen (secondary N) is 1. The van der Waals surface area contributed by atoms with E-state index >= 15 is 0 Å². The molecule has 0 bridgehead atoms. The van der Waals surface area contributed by atoms with E-state index in [9.17, 15) is 0 Å². The number of piperidine rings is 1. The van der Waals surface area contributed by atoms with Gasteiger partial charge in [0, 0.05) is 31.4 Å². The summed E-state index contributed by atoms with van der Waals surface area (Å²) in [4.78, 5) is 7.28. The molecule has 1 fully saturated rings. The molecule has 3 heteroatoms. The highest BCUT2D eigenvalue weighted by atomic mass is 15.2. The molecule has 0 radical (unpaired) electrons. The topological polar surface area (TPSA) is 28.2 Å². The third-order valence-electron chi connectivity index (χ3n) is 4.11. The average molecular weight is 275 g/mol. The normalized spacial score (nSPS) is 16.9. The van der Waals surface area contributed by atoms with E-state index in [0.29, 0.717) is 6.04 Å². The van der Waals surface area contributed by atoms with Crippen molar-refractivity contribution in [1.29, 1.82) is 0 Å². The molecule has 1 aromatic heterocycles. The summed E-state index contributed by atoms with van der Waals surface area (Å²) >= 11 is 0. The van der Waals surface area contributed by atoms with E-state index in [1.54, 1.807) is 0 Å². The standard InChI is InChI=1S/C17H29N3/c1-5-16-10-15(12-18-13(2)3)11-17(19-16)20-8-6-14(4)7-9-20/h10-11,13-14,18H,5-9,12H2,1-4H3. The van der Waals surface area contributed by atoms with Gasteiger partial charge < -0.3 is 10.2 Å². The third kappa shape index (κ3) is 4.20. The van der Waals surface area contributed by atoms with Crippen molar-refractivity contribution in [2.45, 2.75) is 59.5 Å². The summed E-state index contributed by atoms with van der Waals surface area (Å²) in [5.41, 5.74) is 2.57. The molecule has 0 spiro atoms. The summed E-state index contributed by atoms with van der Waals surface area (Å²) in [5.74, 6) is 2.04. The van der Waals surface area contributed by atoms with Crippen LogP contribution in [0.25, 0.3) is 0 Å². The summed E-state index contributed by atoms with van der Waals surface area (Å²) < 4.78 is 0. The molecular formula is C17H29N3. The Labute approximate surface area is 123 Å². The molecule has 1 aromatic rings. The fourth-order valence-corrected chi connectivity index (χ4v) is 2.64. The maximum absolute atomic E-state index is 4.83. The first-order chi connectivity index (χ1) is 9.58. The average Bonchev–Trinajstić information content (AvgIpc) is 2.45. The first-order valence-electron chi connectivity index (χ1n) is 8.06. The van der Waals surface area contributed by atoms with Crippen molar-refractivity contribution >= 4 is 5.82 Å². The smallest absolute Gasteiger partial charge is 0.129 e. The van der Waals surface area contributed by atoms with Gasteiger partial charge in [-0.15, -0.1) is 0 Å². The van der Waals surface area contributed by atoms with E-state index in [4.69, 9.17) is 4.98 Å². The molecule has 112 valence electrons. The van der Waals surface area contributed by atoms with E-state index in [1.807, 2.05) is 0 Å². The van der Waals surface area contributed by atoms with E-state index in [1.165, 1.54) is 29.9 Å². The van der Waals surface area contributed by atoms with Gasteiger partial charge in [-0.3, -0.25) is 0 Å². The number of anilines is 1. The van der Waals surface area contributed by atoms with Crippen molar-refractivity contribution in [3.8, 4) is 0 Å². The van der Waals surface area contributed by atoms with Gasteiger partial charge in [0.25, 0.3) is 0 Å². The largest absolute Gasteiger partial charge is 0.357 e. The molecule has 0 aliphatic carbocycles. The van der Waals surface area contributed by atoms with Gasteiger partial charge in [0.05, 0.1) is 0 Å². The lowest BCUT2D eigenvalue weighted by Gasteiger charge is -2.31.